The zero-order chi connectivity index (χ0) is 13.1. The highest BCUT2D eigenvalue weighted by Crippen LogP contribution is 2.24. The van der Waals surface area contributed by atoms with Crippen molar-refractivity contribution in [3.05, 3.63) is 60.3 Å². The van der Waals surface area contributed by atoms with Crippen LogP contribution in [0.5, 0.6) is 11.6 Å². The zero-order valence-corrected chi connectivity index (χ0v) is 10.3. The van der Waals surface area contributed by atoms with Crippen molar-refractivity contribution in [2.45, 2.75) is 6.54 Å². The molecule has 4 nitrogen and oxygen atoms in total. The molecule has 0 amide bonds. The normalized spacial score (nSPS) is 10.6. The van der Waals surface area contributed by atoms with Crippen molar-refractivity contribution in [2.75, 3.05) is 0 Å². The first-order chi connectivity index (χ1) is 9.35. The molecule has 0 radical (unpaired) electrons. The van der Waals surface area contributed by atoms with Gasteiger partial charge in [-0.1, -0.05) is 30.3 Å². The molecule has 0 aliphatic heterocycles. The third-order valence-electron chi connectivity index (χ3n) is 2.85. The number of aromatic nitrogens is 2. The number of ether oxygens (including phenoxy) is 1. The predicted octanol–water partition coefficient (Wildman–Crippen LogP) is 2.88. The van der Waals surface area contributed by atoms with E-state index in [9.17, 15) is 0 Å². The van der Waals surface area contributed by atoms with Crippen LogP contribution in [-0.4, -0.2) is 10.2 Å². The first-order valence-corrected chi connectivity index (χ1v) is 6.04. The van der Waals surface area contributed by atoms with Gasteiger partial charge in [0.1, 0.15) is 5.75 Å². The zero-order valence-electron chi connectivity index (χ0n) is 10.3. The fourth-order valence-electron chi connectivity index (χ4n) is 1.86. The molecule has 94 valence electrons. The first kappa shape index (κ1) is 11.6. The summed E-state index contributed by atoms with van der Waals surface area (Å²) in [6, 6.07) is 17.6. The van der Waals surface area contributed by atoms with Crippen molar-refractivity contribution < 1.29 is 4.74 Å². The van der Waals surface area contributed by atoms with Crippen molar-refractivity contribution in [2.24, 2.45) is 5.73 Å². The van der Waals surface area contributed by atoms with E-state index in [0.29, 0.717) is 12.4 Å². The van der Waals surface area contributed by atoms with Gasteiger partial charge in [-0.15, -0.1) is 5.10 Å². The van der Waals surface area contributed by atoms with Crippen molar-refractivity contribution in [1.82, 2.24) is 10.2 Å². The third-order valence-corrected chi connectivity index (χ3v) is 2.85. The van der Waals surface area contributed by atoms with Crippen LogP contribution in [0.4, 0.5) is 0 Å². The highest BCUT2D eigenvalue weighted by atomic mass is 16.5. The van der Waals surface area contributed by atoms with Gasteiger partial charge >= 0.3 is 0 Å². The number of rotatable bonds is 3. The lowest BCUT2D eigenvalue weighted by atomic mass is 10.1. The maximum Gasteiger partial charge on any atom is 0.238 e. The monoisotopic (exact) mass is 251 g/mol. The Labute approximate surface area is 110 Å². The summed E-state index contributed by atoms with van der Waals surface area (Å²) in [5.41, 5.74) is 6.21. The molecular formula is C15H13N3O. The van der Waals surface area contributed by atoms with Crippen LogP contribution >= 0.6 is 0 Å². The van der Waals surface area contributed by atoms with E-state index < -0.39 is 0 Å². The number of nitrogens with zero attached hydrogens (tertiary/aromatic N) is 2. The molecule has 0 aliphatic rings. The van der Waals surface area contributed by atoms with Crippen molar-refractivity contribution in [1.29, 1.82) is 0 Å². The van der Waals surface area contributed by atoms with E-state index in [1.807, 2.05) is 42.5 Å². The molecule has 0 spiro atoms. The van der Waals surface area contributed by atoms with Gasteiger partial charge in [-0.05, 0) is 29.0 Å². The molecule has 1 aromatic heterocycles. The number of hydrogen-bond acceptors (Lipinski definition) is 4. The standard InChI is InChI=1S/C15H13N3O/c16-10-13-6-8-15(18-17-13)19-14-7-5-11-3-1-2-4-12(11)9-14/h1-9H,10,16H2. The van der Waals surface area contributed by atoms with Gasteiger partial charge in [0, 0.05) is 12.6 Å². The summed E-state index contributed by atoms with van der Waals surface area (Å²) in [6.45, 7) is 0.378. The van der Waals surface area contributed by atoms with Crippen LogP contribution in [-0.2, 0) is 6.54 Å². The topological polar surface area (TPSA) is 61.0 Å². The molecule has 2 N–H and O–H groups in total. The first-order valence-electron chi connectivity index (χ1n) is 6.04. The molecule has 0 saturated heterocycles. The molecule has 0 atom stereocenters. The second-order valence-electron chi connectivity index (χ2n) is 4.18. The average molecular weight is 251 g/mol. The van der Waals surface area contributed by atoms with Gasteiger partial charge in [0.25, 0.3) is 0 Å². The van der Waals surface area contributed by atoms with Gasteiger partial charge in [0.2, 0.25) is 5.88 Å². The molecule has 0 aliphatic carbocycles. The van der Waals surface area contributed by atoms with Crippen LogP contribution in [0.3, 0.4) is 0 Å². The number of benzene rings is 2. The van der Waals surface area contributed by atoms with Crippen LogP contribution in [0, 0.1) is 0 Å². The fraction of sp³-hybridized carbons (Fsp3) is 0.0667. The van der Waals surface area contributed by atoms with Gasteiger partial charge in [-0.2, -0.15) is 5.10 Å². The molecule has 19 heavy (non-hydrogen) atoms. The second-order valence-corrected chi connectivity index (χ2v) is 4.18. The summed E-state index contributed by atoms with van der Waals surface area (Å²) in [6.07, 6.45) is 0. The lowest BCUT2D eigenvalue weighted by molar-refractivity contribution is 0.454. The molecule has 4 heteroatoms. The van der Waals surface area contributed by atoms with Gasteiger partial charge in [0.05, 0.1) is 5.69 Å². The lowest BCUT2D eigenvalue weighted by Gasteiger charge is -2.05. The van der Waals surface area contributed by atoms with Crippen molar-refractivity contribution >= 4 is 10.8 Å². The Kier molecular flexibility index (Phi) is 3.08. The summed E-state index contributed by atoms with van der Waals surface area (Å²) in [4.78, 5) is 0. The summed E-state index contributed by atoms with van der Waals surface area (Å²) < 4.78 is 5.67. The molecule has 0 bridgehead atoms. The van der Waals surface area contributed by atoms with Crippen LogP contribution < -0.4 is 10.5 Å². The Morgan fingerprint density at radius 3 is 2.47 bits per heavy atom. The van der Waals surface area contributed by atoms with Crippen molar-refractivity contribution in [3.63, 3.8) is 0 Å². The van der Waals surface area contributed by atoms with Gasteiger partial charge in [-0.25, -0.2) is 0 Å². The largest absolute Gasteiger partial charge is 0.438 e. The van der Waals surface area contributed by atoms with Gasteiger partial charge in [-0.3, -0.25) is 0 Å². The van der Waals surface area contributed by atoms with Crippen LogP contribution in [0.15, 0.2) is 54.6 Å². The number of fused-ring (bicyclic) bond motifs is 1. The smallest absolute Gasteiger partial charge is 0.238 e. The minimum absolute atomic E-state index is 0.378. The van der Waals surface area contributed by atoms with Crippen LogP contribution in [0.1, 0.15) is 5.69 Å². The van der Waals surface area contributed by atoms with E-state index in [4.69, 9.17) is 10.5 Å². The van der Waals surface area contributed by atoms with E-state index in [0.717, 1.165) is 16.8 Å². The Hall–Kier alpha value is -2.46. The summed E-state index contributed by atoms with van der Waals surface area (Å²) >= 11 is 0. The van der Waals surface area contributed by atoms with Crippen LogP contribution in [0.25, 0.3) is 10.8 Å². The summed E-state index contributed by atoms with van der Waals surface area (Å²) in [5, 5.41) is 10.2. The van der Waals surface area contributed by atoms with Gasteiger partial charge < -0.3 is 10.5 Å². The number of nitrogens with two attached hydrogens (primary N) is 1. The molecule has 0 unspecified atom stereocenters. The highest BCUT2D eigenvalue weighted by Gasteiger charge is 2.01. The molecule has 0 saturated carbocycles. The predicted molar refractivity (Wildman–Crippen MR) is 73.9 cm³/mol. The Bertz CT molecular complexity index is 695. The Balaban J connectivity index is 1.87. The quantitative estimate of drug-likeness (QED) is 0.777. The van der Waals surface area contributed by atoms with E-state index >= 15 is 0 Å². The summed E-state index contributed by atoms with van der Waals surface area (Å²) in [7, 11) is 0. The SMILES string of the molecule is NCc1ccc(Oc2ccc3ccccc3c2)nn1. The fourth-order valence-corrected chi connectivity index (χ4v) is 1.86. The Morgan fingerprint density at radius 1 is 0.895 bits per heavy atom. The molecule has 0 fully saturated rings. The molecule has 1 heterocycles. The molecule has 3 rings (SSSR count). The highest BCUT2D eigenvalue weighted by molar-refractivity contribution is 5.83. The minimum atomic E-state index is 0.378. The van der Waals surface area contributed by atoms with E-state index in [2.05, 4.69) is 16.3 Å². The average Bonchev–Trinajstić information content (AvgIpc) is 2.48. The minimum Gasteiger partial charge on any atom is -0.438 e. The van der Waals surface area contributed by atoms with Gasteiger partial charge in [0.15, 0.2) is 0 Å². The van der Waals surface area contributed by atoms with E-state index in [-0.39, 0.29) is 0 Å². The second kappa shape index (κ2) is 5.04. The van der Waals surface area contributed by atoms with E-state index in [1.165, 1.54) is 5.39 Å². The molecule has 2 aromatic carbocycles. The molecule has 3 aromatic rings. The maximum absolute atomic E-state index is 5.67. The molecular weight excluding hydrogens is 238 g/mol. The third kappa shape index (κ3) is 2.53. The van der Waals surface area contributed by atoms with Crippen LogP contribution in [0.2, 0.25) is 0 Å². The number of hydrogen-bond donors (Lipinski definition) is 1. The van der Waals surface area contributed by atoms with E-state index in [1.54, 1.807) is 6.07 Å². The lowest BCUT2D eigenvalue weighted by Crippen LogP contribution is -2.01. The Morgan fingerprint density at radius 2 is 1.74 bits per heavy atom. The van der Waals surface area contributed by atoms with Crippen molar-refractivity contribution in [3.8, 4) is 11.6 Å². The summed E-state index contributed by atoms with van der Waals surface area (Å²) in [5.74, 6) is 1.21. The maximum atomic E-state index is 5.67.